The summed E-state index contributed by atoms with van der Waals surface area (Å²) >= 11 is 0. The summed E-state index contributed by atoms with van der Waals surface area (Å²) in [7, 11) is 0. The van der Waals surface area contributed by atoms with Gasteiger partial charge in [-0.15, -0.1) is 0 Å². The van der Waals surface area contributed by atoms with Crippen molar-refractivity contribution in [1.29, 1.82) is 0 Å². The van der Waals surface area contributed by atoms with Crippen molar-refractivity contribution in [2.24, 2.45) is 11.7 Å². The minimum absolute atomic E-state index is 0.153. The van der Waals surface area contributed by atoms with Gasteiger partial charge in [-0.05, 0) is 44.0 Å². The quantitative estimate of drug-likeness (QED) is 0.652. The minimum Gasteiger partial charge on any atom is -0.330 e. The molecule has 0 spiro atoms. The molecule has 0 amide bonds. The second-order valence-corrected chi connectivity index (χ2v) is 4.88. The van der Waals surface area contributed by atoms with Crippen LogP contribution in [0.2, 0.25) is 0 Å². The molecule has 18 heavy (non-hydrogen) atoms. The molecule has 98 valence electrons. The molecule has 2 N–H and O–H groups in total. The van der Waals surface area contributed by atoms with Gasteiger partial charge in [-0.1, -0.05) is 12.1 Å². The van der Waals surface area contributed by atoms with Crippen LogP contribution in [-0.4, -0.2) is 29.5 Å². The Kier molecular flexibility index (Phi) is 4.28. The number of nitro benzene ring substituents is 1. The van der Waals surface area contributed by atoms with Crippen LogP contribution in [0.15, 0.2) is 24.3 Å². The molecule has 1 heterocycles. The molecule has 0 radical (unpaired) electrons. The van der Waals surface area contributed by atoms with E-state index in [4.69, 9.17) is 5.73 Å². The number of benzene rings is 1. The molecule has 1 aliphatic heterocycles. The number of nitrogens with zero attached hydrogens (tertiary/aromatic N) is 2. The zero-order valence-electron chi connectivity index (χ0n) is 10.4. The van der Waals surface area contributed by atoms with Crippen LogP contribution >= 0.6 is 0 Å². The minimum atomic E-state index is -0.365. The fourth-order valence-electron chi connectivity index (χ4n) is 2.36. The number of nitro groups is 1. The van der Waals surface area contributed by atoms with Crippen molar-refractivity contribution in [3.8, 4) is 0 Å². The summed E-state index contributed by atoms with van der Waals surface area (Å²) < 4.78 is 0. The maximum atomic E-state index is 10.6. The molecule has 5 heteroatoms. The Labute approximate surface area is 107 Å². The zero-order valence-corrected chi connectivity index (χ0v) is 10.4. The van der Waals surface area contributed by atoms with Gasteiger partial charge < -0.3 is 5.73 Å². The first kappa shape index (κ1) is 13.0. The third-order valence-corrected chi connectivity index (χ3v) is 3.59. The summed E-state index contributed by atoms with van der Waals surface area (Å²) in [6.07, 6.45) is 2.31. The monoisotopic (exact) mass is 249 g/mol. The second kappa shape index (κ2) is 5.93. The lowest BCUT2D eigenvalue weighted by atomic mass is 9.97. The van der Waals surface area contributed by atoms with Crippen molar-refractivity contribution in [3.63, 3.8) is 0 Å². The van der Waals surface area contributed by atoms with Gasteiger partial charge in [0.2, 0.25) is 0 Å². The van der Waals surface area contributed by atoms with E-state index >= 15 is 0 Å². The molecule has 0 bridgehead atoms. The van der Waals surface area contributed by atoms with Crippen molar-refractivity contribution in [2.45, 2.75) is 19.4 Å². The van der Waals surface area contributed by atoms with E-state index in [1.165, 1.54) is 0 Å². The van der Waals surface area contributed by atoms with E-state index in [0.717, 1.165) is 44.6 Å². The summed E-state index contributed by atoms with van der Waals surface area (Å²) in [6, 6.07) is 6.82. The molecule has 0 atom stereocenters. The summed E-state index contributed by atoms with van der Waals surface area (Å²) in [5, 5.41) is 10.6. The molecule has 0 aliphatic carbocycles. The number of nitrogens with two attached hydrogens (primary N) is 1. The average Bonchev–Trinajstić information content (AvgIpc) is 2.40. The van der Waals surface area contributed by atoms with Crippen LogP contribution in [0.4, 0.5) is 5.69 Å². The molecule has 0 saturated carbocycles. The van der Waals surface area contributed by atoms with Gasteiger partial charge in [0.05, 0.1) is 4.92 Å². The van der Waals surface area contributed by atoms with E-state index in [-0.39, 0.29) is 10.6 Å². The average molecular weight is 249 g/mol. The van der Waals surface area contributed by atoms with Gasteiger partial charge in [0, 0.05) is 18.7 Å². The van der Waals surface area contributed by atoms with Crippen molar-refractivity contribution in [1.82, 2.24) is 4.90 Å². The maximum Gasteiger partial charge on any atom is 0.269 e. The van der Waals surface area contributed by atoms with Crippen molar-refractivity contribution < 1.29 is 4.92 Å². The maximum absolute atomic E-state index is 10.6. The first-order valence-electron chi connectivity index (χ1n) is 6.35. The second-order valence-electron chi connectivity index (χ2n) is 4.88. The summed E-state index contributed by atoms with van der Waals surface area (Å²) in [4.78, 5) is 12.6. The van der Waals surface area contributed by atoms with Crippen molar-refractivity contribution in [3.05, 3.63) is 39.9 Å². The van der Waals surface area contributed by atoms with E-state index in [9.17, 15) is 10.1 Å². The third kappa shape index (κ3) is 3.27. The summed E-state index contributed by atoms with van der Waals surface area (Å²) in [5.74, 6) is 0.665. The van der Waals surface area contributed by atoms with Crippen LogP contribution in [0.3, 0.4) is 0 Å². The summed E-state index contributed by atoms with van der Waals surface area (Å²) in [6.45, 7) is 3.79. The number of likely N-dealkylation sites (tertiary alicyclic amines) is 1. The Morgan fingerprint density at radius 1 is 1.28 bits per heavy atom. The highest BCUT2D eigenvalue weighted by atomic mass is 16.6. The lowest BCUT2D eigenvalue weighted by Gasteiger charge is -2.31. The van der Waals surface area contributed by atoms with Crippen LogP contribution < -0.4 is 5.73 Å². The predicted molar refractivity (Wildman–Crippen MR) is 70.2 cm³/mol. The van der Waals surface area contributed by atoms with Crippen molar-refractivity contribution >= 4 is 5.69 Å². The van der Waals surface area contributed by atoms with E-state index in [1.807, 2.05) is 12.1 Å². The molecular weight excluding hydrogens is 230 g/mol. The molecular formula is C13H19N3O2. The van der Waals surface area contributed by atoms with Gasteiger partial charge in [0.25, 0.3) is 5.69 Å². The standard InChI is InChI=1S/C13H19N3O2/c14-9-11-5-7-15(8-6-11)10-12-1-3-13(4-2-12)16(17)18/h1-4,11H,5-10,14H2. The largest absolute Gasteiger partial charge is 0.330 e. The van der Waals surface area contributed by atoms with Crippen LogP contribution in [0.5, 0.6) is 0 Å². The number of hydrogen-bond acceptors (Lipinski definition) is 4. The first-order chi connectivity index (χ1) is 8.69. The van der Waals surface area contributed by atoms with Crippen LogP contribution in [0, 0.1) is 16.0 Å². The fourth-order valence-corrected chi connectivity index (χ4v) is 2.36. The Morgan fingerprint density at radius 2 is 1.89 bits per heavy atom. The SMILES string of the molecule is NCC1CCN(Cc2ccc([N+](=O)[O-])cc2)CC1. The highest BCUT2D eigenvalue weighted by Crippen LogP contribution is 2.19. The highest BCUT2D eigenvalue weighted by molar-refractivity contribution is 5.32. The lowest BCUT2D eigenvalue weighted by Crippen LogP contribution is -2.35. The van der Waals surface area contributed by atoms with Crippen molar-refractivity contribution in [2.75, 3.05) is 19.6 Å². The number of rotatable bonds is 4. The molecule has 5 nitrogen and oxygen atoms in total. The Balaban J connectivity index is 1.88. The molecule has 0 aromatic heterocycles. The van der Waals surface area contributed by atoms with Crippen LogP contribution in [0.25, 0.3) is 0 Å². The highest BCUT2D eigenvalue weighted by Gasteiger charge is 2.18. The molecule has 2 rings (SSSR count). The third-order valence-electron chi connectivity index (χ3n) is 3.59. The predicted octanol–water partition coefficient (Wildman–Crippen LogP) is 1.77. The molecule has 1 aliphatic rings. The Hall–Kier alpha value is -1.46. The summed E-state index contributed by atoms with van der Waals surface area (Å²) in [5.41, 5.74) is 6.95. The lowest BCUT2D eigenvalue weighted by molar-refractivity contribution is -0.384. The fraction of sp³-hybridized carbons (Fsp3) is 0.538. The number of hydrogen-bond donors (Lipinski definition) is 1. The van der Waals surface area contributed by atoms with E-state index in [1.54, 1.807) is 12.1 Å². The Bertz CT molecular complexity index is 397. The van der Waals surface area contributed by atoms with Gasteiger partial charge in [0.15, 0.2) is 0 Å². The van der Waals surface area contributed by atoms with Gasteiger partial charge in [0.1, 0.15) is 0 Å². The van der Waals surface area contributed by atoms with E-state index in [0.29, 0.717) is 5.92 Å². The van der Waals surface area contributed by atoms with Crippen LogP contribution in [0.1, 0.15) is 18.4 Å². The van der Waals surface area contributed by atoms with Crippen LogP contribution in [-0.2, 0) is 6.54 Å². The molecule has 1 aromatic rings. The van der Waals surface area contributed by atoms with Gasteiger partial charge in [-0.25, -0.2) is 0 Å². The zero-order chi connectivity index (χ0) is 13.0. The normalized spacial score (nSPS) is 17.8. The number of non-ortho nitro benzene ring substituents is 1. The first-order valence-corrected chi connectivity index (χ1v) is 6.35. The van der Waals surface area contributed by atoms with Gasteiger partial charge in [-0.2, -0.15) is 0 Å². The molecule has 1 aromatic carbocycles. The Morgan fingerprint density at radius 3 is 2.39 bits per heavy atom. The topological polar surface area (TPSA) is 72.4 Å². The molecule has 1 fully saturated rings. The molecule has 0 unspecified atom stereocenters. The van der Waals surface area contributed by atoms with Gasteiger partial charge >= 0.3 is 0 Å². The van der Waals surface area contributed by atoms with Gasteiger partial charge in [-0.3, -0.25) is 15.0 Å². The number of piperidine rings is 1. The smallest absolute Gasteiger partial charge is 0.269 e. The van der Waals surface area contributed by atoms with E-state index in [2.05, 4.69) is 4.90 Å². The molecule has 1 saturated heterocycles. The van der Waals surface area contributed by atoms with E-state index < -0.39 is 0 Å².